The molecule has 0 aliphatic carbocycles. The number of nitrogens with zero attached hydrogens (tertiary/aromatic N) is 5. The lowest BCUT2D eigenvalue weighted by Gasteiger charge is -2.29. The van der Waals surface area contributed by atoms with Gasteiger partial charge in [-0.1, -0.05) is 24.2 Å². The highest BCUT2D eigenvalue weighted by Gasteiger charge is 2.28. The van der Waals surface area contributed by atoms with Crippen molar-refractivity contribution in [2.24, 2.45) is 0 Å². The van der Waals surface area contributed by atoms with Gasteiger partial charge in [-0.3, -0.25) is 4.90 Å². The Morgan fingerprint density at radius 1 is 1.04 bits per heavy atom. The van der Waals surface area contributed by atoms with Crippen LogP contribution in [0.4, 0.5) is 0 Å². The van der Waals surface area contributed by atoms with Crippen LogP contribution in [0.5, 0.6) is 0 Å². The lowest BCUT2D eigenvalue weighted by atomic mass is 9.97. The van der Waals surface area contributed by atoms with Gasteiger partial charge in [-0.25, -0.2) is 0 Å². The maximum atomic E-state index is 5.59. The number of ether oxygens (including phenoxy) is 1. The number of piperidine rings is 1. The summed E-state index contributed by atoms with van der Waals surface area (Å²) in [5, 5.41) is 8.18. The molecule has 4 heterocycles. The quantitative estimate of drug-likeness (QED) is 0.815. The van der Waals surface area contributed by atoms with E-state index in [0.29, 0.717) is 24.3 Å². The summed E-state index contributed by atoms with van der Waals surface area (Å²) in [5.41, 5.74) is 0. The van der Waals surface area contributed by atoms with Crippen molar-refractivity contribution in [1.29, 1.82) is 0 Å². The van der Waals surface area contributed by atoms with E-state index in [1.54, 1.807) is 0 Å². The van der Waals surface area contributed by atoms with Crippen molar-refractivity contribution in [1.82, 2.24) is 25.2 Å². The molecule has 0 aromatic carbocycles. The monoisotopic (exact) mass is 347 g/mol. The highest BCUT2D eigenvalue weighted by Crippen LogP contribution is 2.29. The summed E-state index contributed by atoms with van der Waals surface area (Å²) in [6.45, 7) is 7.58. The van der Waals surface area contributed by atoms with Crippen LogP contribution in [-0.4, -0.2) is 44.9 Å². The molecule has 2 aliphatic rings. The largest absolute Gasteiger partial charge is 0.368 e. The Balaban J connectivity index is 1.30. The van der Waals surface area contributed by atoms with E-state index in [9.17, 15) is 0 Å². The molecule has 2 saturated heterocycles. The van der Waals surface area contributed by atoms with Crippen molar-refractivity contribution in [2.45, 2.75) is 64.0 Å². The summed E-state index contributed by atoms with van der Waals surface area (Å²) in [7, 11) is 0. The van der Waals surface area contributed by atoms with Crippen molar-refractivity contribution >= 4 is 0 Å². The minimum Gasteiger partial charge on any atom is -0.368 e. The van der Waals surface area contributed by atoms with Crippen LogP contribution in [0.2, 0.25) is 0 Å². The molecule has 0 unspecified atom stereocenters. The van der Waals surface area contributed by atoms with E-state index in [-0.39, 0.29) is 6.10 Å². The number of rotatable bonds is 5. The van der Waals surface area contributed by atoms with Gasteiger partial charge in [0.2, 0.25) is 5.89 Å². The fraction of sp³-hybridized carbons (Fsp3) is 0.765. The predicted octanol–water partition coefficient (Wildman–Crippen LogP) is 2.81. The molecule has 0 saturated carbocycles. The Kier molecular flexibility index (Phi) is 4.80. The van der Waals surface area contributed by atoms with Crippen molar-refractivity contribution in [2.75, 3.05) is 19.7 Å². The minimum absolute atomic E-state index is 0.0142. The predicted molar refractivity (Wildman–Crippen MR) is 87.9 cm³/mol. The average molecular weight is 347 g/mol. The van der Waals surface area contributed by atoms with E-state index >= 15 is 0 Å². The summed E-state index contributed by atoms with van der Waals surface area (Å²) >= 11 is 0. The van der Waals surface area contributed by atoms with E-state index in [0.717, 1.165) is 62.9 Å². The van der Waals surface area contributed by atoms with Gasteiger partial charge in [0.1, 0.15) is 6.10 Å². The summed E-state index contributed by atoms with van der Waals surface area (Å²) in [5.74, 6) is 3.59. The van der Waals surface area contributed by atoms with Gasteiger partial charge in [0.05, 0.1) is 6.54 Å². The van der Waals surface area contributed by atoms with E-state index in [2.05, 4.69) is 39.0 Å². The first-order valence-corrected chi connectivity index (χ1v) is 9.19. The van der Waals surface area contributed by atoms with Gasteiger partial charge in [0.15, 0.2) is 11.6 Å². The van der Waals surface area contributed by atoms with Crippen molar-refractivity contribution in [3.8, 4) is 0 Å². The lowest BCUT2D eigenvalue weighted by Crippen LogP contribution is -2.32. The number of hydrogen-bond donors (Lipinski definition) is 0. The zero-order valence-corrected chi connectivity index (χ0v) is 14.8. The van der Waals surface area contributed by atoms with E-state index in [1.807, 2.05) is 0 Å². The SMILES string of the molecule is CC(C)c1noc(C2CCN(Cc3noc([C@@H]4CCCO4)n3)CC2)n1. The Morgan fingerprint density at radius 2 is 1.84 bits per heavy atom. The van der Waals surface area contributed by atoms with Crippen LogP contribution < -0.4 is 0 Å². The Bertz CT molecular complexity index is 684. The van der Waals surface area contributed by atoms with Gasteiger partial charge < -0.3 is 13.8 Å². The third-order valence-electron chi connectivity index (χ3n) is 4.96. The molecule has 2 fully saturated rings. The number of aromatic nitrogens is 4. The van der Waals surface area contributed by atoms with Crippen LogP contribution in [0.3, 0.4) is 0 Å². The highest BCUT2D eigenvalue weighted by molar-refractivity contribution is 4.99. The second-order valence-corrected chi connectivity index (χ2v) is 7.25. The van der Waals surface area contributed by atoms with E-state index in [1.165, 1.54) is 0 Å². The molecule has 136 valence electrons. The topological polar surface area (TPSA) is 90.3 Å². The van der Waals surface area contributed by atoms with Crippen molar-refractivity contribution in [3.63, 3.8) is 0 Å². The van der Waals surface area contributed by atoms with Gasteiger partial charge in [-0.15, -0.1) is 0 Å². The van der Waals surface area contributed by atoms with Crippen LogP contribution in [-0.2, 0) is 11.3 Å². The molecule has 25 heavy (non-hydrogen) atoms. The van der Waals surface area contributed by atoms with Crippen LogP contribution in [0.1, 0.15) is 80.9 Å². The molecule has 2 aromatic rings. The summed E-state index contributed by atoms with van der Waals surface area (Å²) in [6.07, 6.45) is 4.03. The fourth-order valence-electron chi connectivity index (χ4n) is 3.42. The minimum atomic E-state index is -0.0142. The standard InChI is InChI=1S/C17H25N5O3/c1-11(2)15-19-16(24-21-15)12-5-7-22(8-6-12)10-14-18-17(25-20-14)13-4-3-9-23-13/h11-13H,3-10H2,1-2H3/t13-/m0/s1. The van der Waals surface area contributed by atoms with Crippen LogP contribution >= 0.6 is 0 Å². The second kappa shape index (κ2) is 7.21. The summed E-state index contributed by atoms with van der Waals surface area (Å²) < 4.78 is 16.4. The second-order valence-electron chi connectivity index (χ2n) is 7.25. The van der Waals surface area contributed by atoms with Gasteiger partial charge >= 0.3 is 0 Å². The van der Waals surface area contributed by atoms with Crippen molar-refractivity contribution in [3.05, 3.63) is 23.4 Å². The average Bonchev–Trinajstić information content (AvgIpc) is 3.36. The normalized spacial score (nSPS) is 22.9. The molecule has 8 nitrogen and oxygen atoms in total. The fourth-order valence-corrected chi connectivity index (χ4v) is 3.42. The van der Waals surface area contributed by atoms with E-state index in [4.69, 9.17) is 13.8 Å². The molecule has 0 spiro atoms. The van der Waals surface area contributed by atoms with Crippen LogP contribution in [0.15, 0.2) is 9.05 Å². The molecular weight excluding hydrogens is 322 g/mol. The maximum absolute atomic E-state index is 5.59. The first kappa shape index (κ1) is 16.7. The molecule has 4 rings (SSSR count). The third kappa shape index (κ3) is 3.74. The van der Waals surface area contributed by atoms with Gasteiger partial charge in [-0.2, -0.15) is 9.97 Å². The first-order chi connectivity index (χ1) is 12.2. The van der Waals surface area contributed by atoms with Gasteiger partial charge in [-0.05, 0) is 38.8 Å². The Labute approximate surface area is 146 Å². The first-order valence-electron chi connectivity index (χ1n) is 9.19. The molecule has 0 amide bonds. The molecular formula is C17H25N5O3. The lowest BCUT2D eigenvalue weighted by molar-refractivity contribution is 0.0835. The molecule has 0 N–H and O–H groups in total. The number of hydrogen-bond acceptors (Lipinski definition) is 8. The van der Waals surface area contributed by atoms with Gasteiger partial charge in [0, 0.05) is 18.4 Å². The molecule has 2 aromatic heterocycles. The highest BCUT2D eigenvalue weighted by atomic mass is 16.5. The molecule has 8 heteroatoms. The Hall–Kier alpha value is -1.80. The van der Waals surface area contributed by atoms with Crippen LogP contribution in [0, 0.1) is 0 Å². The van der Waals surface area contributed by atoms with Gasteiger partial charge in [0.25, 0.3) is 5.89 Å². The zero-order valence-electron chi connectivity index (χ0n) is 14.8. The smallest absolute Gasteiger partial charge is 0.255 e. The van der Waals surface area contributed by atoms with E-state index < -0.39 is 0 Å². The number of likely N-dealkylation sites (tertiary alicyclic amines) is 1. The maximum Gasteiger partial charge on any atom is 0.255 e. The van der Waals surface area contributed by atoms with Crippen molar-refractivity contribution < 1.29 is 13.8 Å². The summed E-state index contributed by atoms with van der Waals surface area (Å²) in [4.78, 5) is 11.4. The third-order valence-corrected chi connectivity index (χ3v) is 4.96. The van der Waals surface area contributed by atoms with Crippen LogP contribution in [0.25, 0.3) is 0 Å². The molecule has 0 bridgehead atoms. The zero-order chi connectivity index (χ0) is 17.2. The summed E-state index contributed by atoms with van der Waals surface area (Å²) in [6, 6.07) is 0. The Morgan fingerprint density at radius 3 is 2.52 bits per heavy atom. The molecule has 0 radical (unpaired) electrons. The molecule has 2 aliphatic heterocycles. The molecule has 1 atom stereocenters.